The average Bonchev–Trinajstić information content (AvgIpc) is 2.35. The molecule has 5 nitrogen and oxygen atoms in total. The van der Waals surface area contributed by atoms with Crippen molar-refractivity contribution in [2.24, 2.45) is 0 Å². The second-order valence-corrected chi connectivity index (χ2v) is 3.48. The van der Waals surface area contributed by atoms with Crippen molar-refractivity contribution in [2.75, 3.05) is 20.8 Å². The lowest BCUT2D eigenvalue weighted by atomic mass is 10.1. The highest BCUT2D eigenvalue weighted by atomic mass is 16.5. The van der Waals surface area contributed by atoms with Gasteiger partial charge in [0.1, 0.15) is 6.61 Å². The molecule has 1 N–H and O–H groups in total. The first-order valence-electron chi connectivity index (χ1n) is 5.33. The number of hydrogen-bond donors (Lipinski definition) is 1. The lowest BCUT2D eigenvalue weighted by Gasteiger charge is -2.09. The number of aromatic hydroxyl groups is 1. The summed E-state index contributed by atoms with van der Waals surface area (Å²) in [6.45, 7) is 1.54. The van der Waals surface area contributed by atoms with Crippen LogP contribution in [-0.4, -0.2) is 31.9 Å². The molecule has 0 aliphatic rings. The van der Waals surface area contributed by atoms with Crippen LogP contribution in [0.3, 0.4) is 0 Å². The minimum atomic E-state index is -0.333. The molecule has 0 atom stereocenters. The van der Waals surface area contributed by atoms with Gasteiger partial charge >= 0.3 is 5.97 Å². The Morgan fingerprint density at radius 2 is 1.83 bits per heavy atom. The molecule has 5 heteroatoms. The number of rotatable bonds is 5. The lowest BCUT2D eigenvalue weighted by molar-refractivity contribution is -0.139. The van der Waals surface area contributed by atoms with E-state index < -0.39 is 0 Å². The Bertz CT molecular complexity index is 426. The maximum Gasteiger partial charge on any atom is 0.302 e. The molecule has 0 aliphatic heterocycles. The van der Waals surface area contributed by atoms with E-state index in [0.29, 0.717) is 11.5 Å². The Hall–Kier alpha value is -2.17. The van der Waals surface area contributed by atoms with Gasteiger partial charge in [-0.15, -0.1) is 0 Å². The third-order valence-electron chi connectivity index (χ3n) is 2.20. The molecule has 0 spiro atoms. The van der Waals surface area contributed by atoms with E-state index in [-0.39, 0.29) is 18.3 Å². The molecule has 1 rings (SSSR count). The molecule has 0 amide bonds. The molecular weight excluding hydrogens is 236 g/mol. The topological polar surface area (TPSA) is 65.0 Å². The summed E-state index contributed by atoms with van der Waals surface area (Å²) in [5.41, 5.74) is 0.772. The first kappa shape index (κ1) is 13.9. The van der Waals surface area contributed by atoms with Crippen molar-refractivity contribution < 1.29 is 24.1 Å². The van der Waals surface area contributed by atoms with Gasteiger partial charge in [0.25, 0.3) is 0 Å². The summed E-state index contributed by atoms with van der Waals surface area (Å²) in [6, 6.07) is 3.31. The summed E-state index contributed by atoms with van der Waals surface area (Å²) in [7, 11) is 2.92. The van der Waals surface area contributed by atoms with Gasteiger partial charge in [0, 0.05) is 6.92 Å². The second kappa shape index (κ2) is 6.54. The fourth-order valence-electron chi connectivity index (χ4n) is 1.36. The zero-order chi connectivity index (χ0) is 13.5. The van der Waals surface area contributed by atoms with Crippen LogP contribution < -0.4 is 9.47 Å². The van der Waals surface area contributed by atoms with E-state index in [2.05, 4.69) is 0 Å². The van der Waals surface area contributed by atoms with Gasteiger partial charge in [-0.3, -0.25) is 4.79 Å². The standard InChI is InChI=1S/C13H16O5/c1-9(14)18-6-4-5-10-7-11(16-2)13(15)12(8-10)17-3/h4-5,7-8,15H,6H2,1-3H3. The predicted octanol–water partition coefficient (Wildman–Crippen LogP) is 1.99. The van der Waals surface area contributed by atoms with Crippen molar-refractivity contribution in [3.8, 4) is 17.2 Å². The lowest BCUT2D eigenvalue weighted by Crippen LogP contribution is -1.97. The van der Waals surface area contributed by atoms with Crippen molar-refractivity contribution in [2.45, 2.75) is 6.92 Å². The first-order chi connectivity index (χ1) is 8.58. The number of hydrogen-bond acceptors (Lipinski definition) is 5. The highest BCUT2D eigenvalue weighted by molar-refractivity contribution is 5.66. The molecule has 0 saturated heterocycles. The summed E-state index contributed by atoms with van der Waals surface area (Å²) in [5.74, 6) is 0.264. The molecule has 0 radical (unpaired) electrons. The molecule has 0 fully saturated rings. The summed E-state index contributed by atoms with van der Waals surface area (Å²) in [6.07, 6.45) is 3.43. The molecule has 1 aromatic carbocycles. The number of carbonyl (C=O) groups excluding carboxylic acids is 1. The molecule has 0 saturated carbocycles. The van der Waals surface area contributed by atoms with E-state index in [1.807, 2.05) is 0 Å². The molecule has 0 heterocycles. The van der Waals surface area contributed by atoms with Gasteiger partial charge in [0.15, 0.2) is 11.5 Å². The van der Waals surface area contributed by atoms with Crippen LogP contribution in [-0.2, 0) is 9.53 Å². The van der Waals surface area contributed by atoms with E-state index >= 15 is 0 Å². The highest BCUT2D eigenvalue weighted by Gasteiger charge is 2.09. The van der Waals surface area contributed by atoms with Crippen LogP contribution in [0, 0.1) is 0 Å². The number of methoxy groups -OCH3 is 2. The monoisotopic (exact) mass is 252 g/mol. The second-order valence-electron chi connectivity index (χ2n) is 3.48. The third-order valence-corrected chi connectivity index (χ3v) is 2.20. The Morgan fingerprint density at radius 1 is 1.28 bits per heavy atom. The number of esters is 1. The van der Waals surface area contributed by atoms with Gasteiger partial charge in [-0.25, -0.2) is 0 Å². The summed E-state index contributed by atoms with van der Waals surface area (Å²) in [5, 5.41) is 9.71. The Balaban J connectivity index is 2.86. The third kappa shape index (κ3) is 3.69. The largest absolute Gasteiger partial charge is 0.502 e. The van der Waals surface area contributed by atoms with E-state index in [1.54, 1.807) is 24.3 Å². The number of ether oxygens (including phenoxy) is 3. The maximum absolute atomic E-state index is 10.6. The Labute approximate surface area is 106 Å². The fourth-order valence-corrected chi connectivity index (χ4v) is 1.36. The smallest absolute Gasteiger partial charge is 0.302 e. The van der Waals surface area contributed by atoms with Crippen molar-refractivity contribution in [1.29, 1.82) is 0 Å². The number of phenols is 1. The quantitative estimate of drug-likeness (QED) is 0.812. The molecule has 1 aromatic rings. The van der Waals surface area contributed by atoms with E-state index in [1.165, 1.54) is 21.1 Å². The SMILES string of the molecule is COc1cc(C=CCOC(C)=O)cc(OC)c1O. The zero-order valence-electron chi connectivity index (χ0n) is 10.6. The summed E-state index contributed by atoms with van der Waals surface area (Å²) >= 11 is 0. The van der Waals surface area contributed by atoms with Crippen molar-refractivity contribution in [1.82, 2.24) is 0 Å². The zero-order valence-corrected chi connectivity index (χ0v) is 10.6. The van der Waals surface area contributed by atoms with Crippen LogP contribution >= 0.6 is 0 Å². The van der Waals surface area contributed by atoms with Crippen molar-refractivity contribution in [3.05, 3.63) is 23.8 Å². The summed E-state index contributed by atoms with van der Waals surface area (Å²) in [4.78, 5) is 10.6. The average molecular weight is 252 g/mol. The minimum Gasteiger partial charge on any atom is -0.502 e. The van der Waals surface area contributed by atoms with Crippen LogP contribution in [0.1, 0.15) is 12.5 Å². The van der Waals surface area contributed by atoms with Gasteiger partial charge in [-0.1, -0.05) is 6.08 Å². The van der Waals surface area contributed by atoms with E-state index in [0.717, 1.165) is 5.56 Å². The van der Waals surface area contributed by atoms with Crippen molar-refractivity contribution >= 4 is 12.0 Å². The molecule has 18 heavy (non-hydrogen) atoms. The van der Waals surface area contributed by atoms with Crippen molar-refractivity contribution in [3.63, 3.8) is 0 Å². The Morgan fingerprint density at radius 3 is 2.28 bits per heavy atom. The fraction of sp³-hybridized carbons (Fsp3) is 0.308. The van der Waals surface area contributed by atoms with Gasteiger partial charge in [0.05, 0.1) is 14.2 Å². The van der Waals surface area contributed by atoms with Crippen LogP contribution in [0.2, 0.25) is 0 Å². The van der Waals surface area contributed by atoms with Crippen LogP contribution in [0.5, 0.6) is 17.2 Å². The minimum absolute atomic E-state index is 0.0443. The molecule has 0 bridgehead atoms. The maximum atomic E-state index is 10.6. The molecule has 0 aliphatic carbocycles. The molecule has 98 valence electrons. The molecular formula is C13H16O5. The number of carbonyl (C=O) groups is 1. The van der Waals surface area contributed by atoms with E-state index in [4.69, 9.17) is 14.2 Å². The van der Waals surface area contributed by atoms with E-state index in [9.17, 15) is 9.90 Å². The van der Waals surface area contributed by atoms with Gasteiger partial charge in [0.2, 0.25) is 5.75 Å². The first-order valence-corrected chi connectivity index (χ1v) is 5.33. The van der Waals surface area contributed by atoms with Crippen LogP contribution in [0.4, 0.5) is 0 Å². The molecule has 0 aromatic heterocycles. The van der Waals surface area contributed by atoms with Crippen LogP contribution in [0.15, 0.2) is 18.2 Å². The highest BCUT2D eigenvalue weighted by Crippen LogP contribution is 2.37. The van der Waals surface area contributed by atoms with Gasteiger partial charge in [-0.05, 0) is 23.8 Å². The Kier molecular flexibility index (Phi) is 5.05. The van der Waals surface area contributed by atoms with Crippen LogP contribution in [0.25, 0.3) is 6.08 Å². The predicted molar refractivity (Wildman–Crippen MR) is 66.9 cm³/mol. The normalized spacial score (nSPS) is 10.4. The van der Waals surface area contributed by atoms with Gasteiger partial charge < -0.3 is 19.3 Å². The number of phenolic OH excluding ortho intramolecular Hbond substituents is 1. The summed E-state index contributed by atoms with van der Waals surface area (Å²) < 4.78 is 14.8. The van der Waals surface area contributed by atoms with Gasteiger partial charge in [-0.2, -0.15) is 0 Å². The molecule has 0 unspecified atom stereocenters. The number of benzene rings is 1.